The van der Waals surface area contributed by atoms with E-state index >= 15 is 0 Å². The number of alkyl halides is 2. The average molecular weight is 390 g/mol. The van der Waals surface area contributed by atoms with Gasteiger partial charge in [-0.25, -0.2) is 12.8 Å². The summed E-state index contributed by atoms with van der Waals surface area (Å²) < 4.78 is 63.2. The topological polar surface area (TPSA) is 75.3 Å². The van der Waals surface area contributed by atoms with Crippen LogP contribution < -0.4 is 10.6 Å². The van der Waals surface area contributed by atoms with E-state index in [4.69, 9.17) is 0 Å². The molecule has 0 unspecified atom stereocenters. The van der Waals surface area contributed by atoms with E-state index in [2.05, 4.69) is 10.6 Å². The SMILES string of the molecule is O=C(Nc1ccc2c(c1F)CCNC2)c1sccc1S(=O)(=O)C(F)F. The first kappa shape index (κ1) is 17.9. The second kappa shape index (κ2) is 6.77. The maximum Gasteiger partial charge on any atom is 0.341 e. The summed E-state index contributed by atoms with van der Waals surface area (Å²) in [6.07, 6.45) is 0.453. The Morgan fingerprint density at radius 3 is 2.76 bits per heavy atom. The molecule has 0 saturated heterocycles. The lowest BCUT2D eigenvalue weighted by Crippen LogP contribution is -2.25. The van der Waals surface area contributed by atoms with Crippen LogP contribution in [0.5, 0.6) is 0 Å². The van der Waals surface area contributed by atoms with Crippen molar-refractivity contribution in [3.05, 3.63) is 45.4 Å². The van der Waals surface area contributed by atoms with Crippen LogP contribution in [-0.2, 0) is 22.8 Å². The van der Waals surface area contributed by atoms with Gasteiger partial charge in [0.2, 0.25) is 9.84 Å². The van der Waals surface area contributed by atoms with E-state index < -0.39 is 37.1 Å². The fourth-order valence-corrected chi connectivity index (χ4v) is 4.65. The molecule has 10 heteroatoms. The van der Waals surface area contributed by atoms with Gasteiger partial charge in [0.15, 0.2) is 0 Å². The Balaban J connectivity index is 1.91. The fraction of sp³-hybridized carbons (Fsp3) is 0.267. The Hall–Kier alpha value is -1.91. The van der Waals surface area contributed by atoms with Crippen molar-refractivity contribution >= 4 is 32.8 Å². The Kier molecular flexibility index (Phi) is 4.85. The Bertz CT molecular complexity index is 926. The van der Waals surface area contributed by atoms with E-state index in [0.29, 0.717) is 36.4 Å². The molecular weight excluding hydrogens is 377 g/mol. The van der Waals surface area contributed by atoms with Crippen molar-refractivity contribution in [2.45, 2.75) is 23.6 Å². The van der Waals surface area contributed by atoms with Gasteiger partial charge in [0, 0.05) is 6.54 Å². The molecule has 1 aromatic carbocycles. The van der Waals surface area contributed by atoms with E-state index in [-0.39, 0.29) is 5.69 Å². The minimum Gasteiger partial charge on any atom is -0.319 e. The van der Waals surface area contributed by atoms with E-state index in [9.17, 15) is 26.4 Å². The van der Waals surface area contributed by atoms with E-state index in [1.54, 1.807) is 6.07 Å². The molecule has 5 nitrogen and oxygen atoms in total. The normalized spacial score (nSPS) is 14.4. The average Bonchev–Trinajstić information content (AvgIpc) is 3.08. The van der Waals surface area contributed by atoms with Crippen LogP contribution in [-0.4, -0.2) is 26.6 Å². The molecule has 0 bridgehead atoms. The van der Waals surface area contributed by atoms with Gasteiger partial charge in [-0.05, 0) is 41.6 Å². The lowest BCUT2D eigenvalue weighted by Gasteiger charge is -2.19. The lowest BCUT2D eigenvalue weighted by molar-refractivity contribution is 0.102. The van der Waals surface area contributed by atoms with Gasteiger partial charge in [-0.2, -0.15) is 8.78 Å². The lowest BCUT2D eigenvalue weighted by atomic mass is 9.99. The number of carbonyl (C=O) groups excluding carboxylic acids is 1. The molecule has 1 aromatic heterocycles. The van der Waals surface area contributed by atoms with Gasteiger partial charge in [-0.1, -0.05) is 6.07 Å². The predicted octanol–water partition coefficient (Wildman–Crippen LogP) is 2.78. The van der Waals surface area contributed by atoms with E-state index in [0.717, 1.165) is 11.6 Å². The molecule has 0 fully saturated rings. The van der Waals surface area contributed by atoms with Crippen molar-refractivity contribution in [2.75, 3.05) is 11.9 Å². The molecule has 134 valence electrons. The largest absolute Gasteiger partial charge is 0.341 e. The standard InChI is InChI=1S/C15H13F3N2O3S2/c16-12-9-3-5-19-7-8(9)1-2-10(12)20-14(21)13-11(4-6-24-13)25(22,23)15(17)18/h1-2,4,6,15,19H,3,5,7H2,(H,20,21). The number of anilines is 1. The number of amides is 1. The number of thiophene rings is 1. The van der Waals surface area contributed by atoms with Crippen LogP contribution in [0.1, 0.15) is 20.8 Å². The maximum absolute atomic E-state index is 14.5. The molecular formula is C15H13F3N2O3S2. The molecule has 1 aliphatic heterocycles. The zero-order valence-corrected chi connectivity index (χ0v) is 14.3. The van der Waals surface area contributed by atoms with Crippen LogP contribution in [0.2, 0.25) is 0 Å². The van der Waals surface area contributed by atoms with Gasteiger partial charge in [-0.3, -0.25) is 4.79 Å². The van der Waals surface area contributed by atoms with Gasteiger partial charge in [0.1, 0.15) is 10.7 Å². The van der Waals surface area contributed by atoms with E-state index in [1.807, 2.05) is 0 Å². The Morgan fingerprint density at radius 1 is 1.28 bits per heavy atom. The molecule has 2 heterocycles. The molecule has 25 heavy (non-hydrogen) atoms. The monoisotopic (exact) mass is 390 g/mol. The number of halogens is 3. The summed E-state index contributed by atoms with van der Waals surface area (Å²) in [5, 5.41) is 6.60. The number of nitrogens with one attached hydrogen (secondary N) is 2. The number of rotatable bonds is 4. The molecule has 0 radical (unpaired) electrons. The highest BCUT2D eigenvalue weighted by molar-refractivity contribution is 7.92. The second-order valence-electron chi connectivity index (χ2n) is 5.37. The third-order valence-electron chi connectivity index (χ3n) is 3.83. The van der Waals surface area contributed by atoms with Gasteiger partial charge in [-0.15, -0.1) is 11.3 Å². The smallest absolute Gasteiger partial charge is 0.319 e. The third-order valence-corrected chi connectivity index (χ3v) is 6.30. The zero-order chi connectivity index (χ0) is 18.2. The maximum atomic E-state index is 14.5. The summed E-state index contributed by atoms with van der Waals surface area (Å²) >= 11 is 0.699. The third kappa shape index (κ3) is 3.29. The summed E-state index contributed by atoms with van der Waals surface area (Å²) in [5.74, 6) is -5.18. The van der Waals surface area contributed by atoms with Crippen molar-refractivity contribution in [1.29, 1.82) is 0 Å². The number of hydrogen-bond donors (Lipinski definition) is 2. The van der Waals surface area contributed by atoms with Crippen LogP contribution in [0.4, 0.5) is 18.9 Å². The molecule has 0 saturated carbocycles. The zero-order valence-electron chi connectivity index (χ0n) is 12.7. The van der Waals surface area contributed by atoms with Gasteiger partial charge < -0.3 is 10.6 Å². The van der Waals surface area contributed by atoms with Crippen LogP contribution in [0, 0.1) is 5.82 Å². The molecule has 2 N–H and O–H groups in total. The van der Waals surface area contributed by atoms with Crippen molar-refractivity contribution in [1.82, 2.24) is 5.32 Å². The Morgan fingerprint density at radius 2 is 2.04 bits per heavy atom. The summed E-state index contributed by atoms with van der Waals surface area (Å²) in [6, 6.07) is 3.97. The second-order valence-corrected chi connectivity index (χ2v) is 8.17. The summed E-state index contributed by atoms with van der Waals surface area (Å²) in [4.78, 5) is 11.1. The quantitative estimate of drug-likeness (QED) is 0.842. The van der Waals surface area contributed by atoms with Crippen molar-refractivity contribution < 1.29 is 26.4 Å². The minimum atomic E-state index is -4.91. The van der Waals surface area contributed by atoms with Crippen molar-refractivity contribution in [3.8, 4) is 0 Å². The predicted molar refractivity (Wildman–Crippen MR) is 87.3 cm³/mol. The summed E-state index contributed by atoms with van der Waals surface area (Å²) in [6.45, 7) is 1.12. The molecule has 0 atom stereocenters. The number of hydrogen-bond acceptors (Lipinski definition) is 5. The Labute approximate surface area is 145 Å². The molecule has 2 aromatic rings. The number of benzene rings is 1. The van der Waals surface area contributed by atoms with E-state index in [1.165, 1.54) is 11.4 Å². The van der Waals surface area contributed by atoms with Gasteiger partial charge in [0.25, 0.3) is 5.91 Å². The van der Waals surface area contributed by atoms with Gasteiger partial charge >= 0.3 is 5.76 Å². The fourth-order valence-electron chi connectivity index (χ4n) is 2.59. The van der Waals surface area contributed by atoms with Gasteiger partial charge in [0.05, 0.1) is 10.6 Å². The molecule has 1 aliphatic rings. The number of sulfone groups is 1. The van der Waals surface area contributed by atoms with Crippen molar-refractivity contribution in [2.24, 2.45) is 0 Å². The molecule has 0 spiro atoms. The van der Waals surface area contributed by atoms with Crippen LogP contribution in [0.3, 0.4) is 0 Å². The van der Waals surface area contributed by atoms with Crippen LogP contribution in [0.25, 0.3) is 0 Å². The highest BCUT2D eigenvalue weighted by Gasteiger charge is 2.32. The highest BCUT2D eigenvalue weighted by Crippen LogP contribution is 2.29. The first-order valence-electron chi connectivity index (χ1n) is 7.24. The van der Waals surface area contributed by atoms with Crippen LogP contribution >= 0.6 is 11.3 Å². The van der Waals surface area contributed by atoms with Crippen molar-refractivity contribution in [3.63, 3.8) is 0 Å². The molecule has 0 aliphatic carbocycles. The van der Waals surface area contributed by atoms with Crippen LogP contribution in [0.15, 0.2) is 28.5 Å². The first-order valence-corrected chi connectivity index (χ1v) is 9.67. The minimum absolute atomic E-state index is 0.112. The number of carbonyl (C=O) groups is 1. The summed E-state index contributed by atoms with van der Waals surface area (Å²) in [7, 11) is -4.91. The highest BCUT2D eigenvalue weighted by atomic mass is 32.2. The summed E-state index contributed by atoms with van der Waals surface area (Å²) in [5.41, 5.74) is 1.14. The number of fused-ring (bicyclic) bond motifs is 1. The first-order chi connectivity index (χ1) is 11.8. The molecule has 1 amide bonds. The molecule has 3 rings (SSSR count).